The number of hydrogen-bond donors (Lipinski definition) is 1. The van der Waals surface area contributed by atoms with Crippen LogP contribution in [0.2, 0.25) is 0 Å². The smallest absolute Gasteiger partial charge is 0.251 e. The zero-order valence-corrected chi connectivity index (χ0v) is 19.9. The Labute approximate surface area is 185 Å². The molecule has 172 valence electrons. The van der Waals surface area contributed by atoms with Crippen molar-refractivity contribution in [2.75, 3.05) is 18.6 Å². The van der Waals surface area contributed by atoms with Gasteiger partial charge in [-0.25, -0.2) is 5.06 Å². The van der Waals surface area contributed by atoms with Crippen LogP contribution in [-0.2, 0) is 20.7 Å². The summed E-state index contributed by atoms with van der Waals surface area (Å²) in [5.74, 6) is 3.14. The minimum absolute atomic E-state index is 0.252. The van der Waals surface area contributed by atoms with Gasteiger partial charge in [0.05, 0.1) is 12.2 Å². The molecule has 6 heteroatoms. The molecule has 1 aliphatic carbocycles. The van der Waals surface area contributed by atoms with Crippen LogP contribution in [0, 0.1) is 23.2 Å². The van der Waals surface area contributed by atoms with E-state index in [4.69, 9.17) is 4.74 Å². The normalized spacial score (nSPS) is 30.4. The molecular weight excluding hydrogens is 398 g/mol. The molecule has 0 aromatic rings. The first-order valence-corrected chi connectivity index (χ1v) is 13.4. The van der Waals surface area contributed by atoms with E-state index in [1.165, 1.54) is 32.7 Å². The Bertz CT molecular complexity index is 588. The average molecular weight is 440 g/mol. The van der Waals surface area contributed by atoms with Gasteiger partial charge >= 0.3 is 0 Å². The SMILES string of the molecule is CN(O)C(=O)C(C)(C)CC/C=C\C[C@H]1[C@@H](C[S+]([O-])CCC2CCCC2)[C@H]2CC[C@@H]1O2. The van der Waals surface area contributed by atoms with Crippen LogP contribution in [0.5, 0.6) is 0 Å². The topological polar surface area (TPSA) is 72.8 Å². The average Bonchev–Trinajstić information content (AvgIpc) is 3.44. The van der Waals surface area contributed by atoms with Crippen molar-refractivity contribution in [3.05, 3.63) is 12.2 Å². The van der Waals surface area contributed by atoms with Gasteiger partial charge in [-0.2, -0.15) is 0 Å². The minimum Gasteiger partial charge on any atom is -0.616 e. The van der Waals surface area contributed by atoms with Crippen molar-refractivity contribution < 1.29 is 19.3 Å². The zero-order valence-electron chi connectivity index (χ0n) is 19.1. The van der Waals surface area contributed by atoms with Crippen LogP contribution in [-0.4, -0.2) is 51.5 Å². The summed E-state index contributed by atoms with van der Waals surface area (Å²) < 4.78 is 19.0. The largest absolute Gasteiger partial charge is 0.616 e. The first-order valence-electron chi connectivity index (χ1n) is 11.9. The standard InChI is InChI=1S/C24H41NO4S/c1-24(2,23(26)25(3)27)15-8-4-5-11-19-20(22-13-12-21(19)29-22)17-30(28)16-14-18-9-6-7-10-18/h4-5,18-22,27H,6-17H2,1-3H3/b5-4-/t19-,20+,21-,22+,30?/m0/s1. The number of carbonyl (C=O) groups is 1. The summed E-state index contributed by atoms with van der Waals surface area (Å²) in [5, 5.41) is 10.1. The summed E-state index contributed by atoms with van der Waals surface area (Å²) in [6.07, 6.45) is 16.3. The maximum Gasteiger partial charge on any atom is 0.251 e. The van der Waals surface area contributed by atoms with Crippen LogP contribution in [0.4, 0.5) is 0 Å². The van der Waals surface area contributed by atoms with Crippen molar-refractivity contribution in [2.24, 2.45) is 23.2 Å². The summed E-state index contributed by atoms with van der Waals surface area (Å²) in [6.45, 7) is 3.74. The van der Waals surface area contributed by atoms with Gasteiger partial charge in [0.1, 0.15) is 11.5 Å². The van der Waals surface area contributed by atoms with Crippen molar-refractivity contribution in [1.29, 1.82) is 0 Å². The summed E-state index contributed by atoms with van der Waals surface area (Å²) in [6, 6.07) is 0. The number of rotatable bonds is 11. The molecule has 1 saturated carbocycles. The fourth-order valence-corrected chi connectivity index (χ4v) is 7.34. The van der Waals surface area contributed by atoms with E-state index in [-0.39, 0.29) is 5.91 Å². The summed E-state index contributed by atoms with van der Waals surface area (Å²) in [7, 11) is 1.38. The van der Waals surface area contributed by atoms with E-state index < -0.39 is 16.6 Å². The fraction of sp³-hybridized carbons (Fsp3) is 0.875. The van der Waals surface area contributed by atoms with Crippen molar-refractivity contribution in [3.8, 4) is 0 Å². The highest BCUT2D eigenvalue weighted by molar-refractivity contribution is 7.91. The Kier molecular flexibility index (Phi) is 8.71. The monoisotopic (exact) mass is 439 g/mol. The maximum absolute atomic E-state index is 12.8. The van der Waals surface area contributed by atoms with Gasteiger partial charge in [0, 0.05) is 18.4 Å². The van der Waals surface area contributed by atoms with E-state index in [2.05, 4.69) is 12.2 Å². The van der Waals surface area contributed by atoms with Crippen LogP contribution in [0.15, 0.2) is 12.2 Å². The van der Waals surface area contributed by atoms with E-state index in [1.807, 2.05) is 13.8 Å². The molecule has 3 rings (SSSR count). The Morgan fingerprint density at radius 3 is 2.50 bits per heavy atom. The molecule has 5 atom stereocenters. The van der Waals surface area contributed by atoms with Gasteiger partial charge in [0.25, 0.3) is 5.91 Å². The van der Waals surface area contributed by atoms with Crippen LogP contribution in [0.1, 0.15) is 78.1 Å². The van der Waals surface area contributed by atoms with Gasteiger partial charge in [-0.3, -0.25) is 10.0 Å². The van der Waals surface area contributed by atoms with Crippen molar-refractivity contribution in [2.45, 2.75) is 90.3 Å². The maximum atomic E-state index is 12.8. The fourth-order valence-electron chi connectivity index (χ4n) is 5.68. The lowest BCUT2D eigenvalue weighted by atomic mass is 9.78. The number of nitrogens with zero attached hydrogens (tertiary/aromatic N) is 1. The first-order chi connectivity index (χ1) is 14.3. The quantitative estimate of drug-likeness (QED) is 0.219. The summed E-state index contributed by atoms with van der Waals surface area (Å²) >= 11 is -0.729. The lowest BCUT2D eigenvalue weighted by Gasteiger charge is -2.28. The Balaban J connectivity index is 1.43. The van der Waals surface area contributed by atoms with Crippen LogP contribution >= 0.6 is 0 Å². The molecule has 0 radical (unpaired) electrons. The highest BCUT2D eigenvalue weighted by Crippen LogP contribution is 2.46. The molecule has 2 heterocycles. The van der Waals surface area contributed by atoms with Crippen molar-refractivity contribution in [3.63, 3.8) is 0 Å². The molecule has 1 unspecified atom stereocenters. The van der Waals surface area contributed by atoms with Gasteiger partial charge in [-0.05, 0) is 50.4 Å². The number of hydrogen-bond acceptors (Lipinski definition) is 4. The molecule has 0 spiro atoms. The second kappa shape index (κ2) is 10.8. The van der Waals surface area contributed by atoms with E-state index in [9.17, 15) is 14.6 Å². The number of ether oxygens (including phenoxy) is 1. The third kappa shape index (κ3) is 6.24. The second-order valence-electron chi connectivity index (χ2n) is 10.3. The van der Waals surface area contributed by atoms with Crippen molar-refractivity contribution >= 4 is 17.1 Å². The molecule has 2 bridgehead atoms. The number of hydroxylamine groups is 2. The van der Waals surface area contributed by atoms with Gasteiger partial charge < -0.3 is 9.29 Å². The first kappa shape index (κ1) is 24.1. The Hall–Kier alpha value is -0.560. The van der Waals surface area contributed by atoms with Gasteiger partial charge in [0.2, 0.25) is 0 Å². The van der Waals surface area contributed by atoms with E-state index in [0.717, 1.165) is 49.5 Å². The molecular formula is C24H41NO4S. The third-order valence-electron chi connectivity index (χ3n) is 7.58. The molecule has 1 N–H and O–H groups in total. The second-order valence-corrected chi connectivity index (χ2v) is 11.9. The zero-order chi connectivity index (χ0) is 21.7. The lowest BCUT2D eigenvalue weighted by molar-refractivity contribution is -0.169. The molecule has 2 aliphatic heterocycles. The molecule has 0 aromatic heterocycles. The van der Waals surface area contributed by atoms with Crippen molar-refractivity contribution in [1.82, 2.24) is 5.06 Å². The van der Waals surface area contributed by atoms with E-state index in [1.54, 1.807) is 0 Å². The van der Waals surface area contributed by atoms with Crippen LogP contribution in [0.25, 0.3) is 0 Å². The molecule has 3 aliphatic rings. The number of allylic oxidation sites excluding steroid dienone is 2. The van der Waals surface area contributed by atoms with Gasteiger partial charge in [0.15, 0.2) is 0 Å². The third-order valence-corrected chi connectivity index (χ3v) is 9.03. The summed E-state index contributed by atoms with van der Waals surface area (Å²) in [5.41, 5.74) is -0.567. The Morgan fingerprint density at radius 1 is 1.17 bits per heavy atom. The molecule has 1 amide bonds. The highest BCUT2D eigenvalue weighted by Gasteiger charge is 2.49. The molecule has 0 aromatic carbocycles. The van der Waals surface area contributed by atoms with E-state index >= 15 is 0 Å². The number of carbonyl (C=O) groups excluding carboxylic acids is 1. The number of fused-ring (bicyclic) bond motifs is 2. The van der Waals surface area contributed by atoms with Gasteiger partial charge in [-0.15, -0.1) is 0 Å². The highest BCUT2D eigenvalue weighted by atomic mass is 32.2. The molecule has 5 nitrogen and oxygen atoms in total. The van der Waals surface area contributed by atoms with Gasteiger partial charge in [-0.1, -0.05) is 62.9 Å². The Morgan fingerprint density at radius 2 is 1.83 bits per heavy atom. The number of amides is 1. The molecule has 30 heavy (non-hydrogen) atoms. The summed E-state index contributed by atoms with van der Waals surface area (Å²) in [4.78, 5) is 12.0. The van der Waals surface area contributed by atoms with E-state index in [0.29, 0.717) is 35.5 Å². The predicted octanol–water partition coefficient (Wildman–Crippen LogP) is 4.71. The lowest BCUT2D eigenvalue weighted by Crippen LogP contribution is -2.36. The molecule has 3 fully saturated rings. The minimum atomic E-state index is -0.729. The van der Waals surface area contributed by atoms with Crippen LogP contribution < -0.4 is 0 Å². The predicted molar refractivity (Wildman–Crippen MR) is 121 cm³/mol. The van der Waals surface area contributed by atoms with Crippen LogP contribution in [0.3, 0.4) is 0 Å². The molecule has 2 saturated heterocycles.